The minimum atomic E-state index is -0.352. The number of rotatable bonds is 5. The molecule has 2 rings (SSSR count). The van der Waals surface area contributed by atoms with Gasteiger partial charge in [-0.2, -0.15) is 5.26 Å². The van der Waals surface area contributed by atoms with E-state index in [1.165, 1.54) is 11.8 Å². The number of benzene rings is 2. The second-order valence-corrected chi connectivity index (χ2v) is 5.32. The van der Waals surface area contributed by atoms with E-state index < -0.39 is 0 Å². The van der Waals surface area contributed by atoms with Gasteiger partial charge >= 0.3 is 0 Å². The Morgan fingerprint density at radius 3 is 2.21 bits per heavy atom. The summed E-state index contributed by atoms with van der Waals surface area (Å²) in [6, 6.07) is 21.0. The summed E-state index contributed by atoms with van der Waals surface area (Å²) in [5.41, 5.74) is 0.663. The van der Waals surface area contributed by atoms with Gasteiger partial charge in [0.2, 0.25) is 0 Å². The lowest BCUT2D eigenvalue weighted by atomic mass is 10.1. The van der Waals surface area contributed by atoms with Crippen molar-refractivity contribution in [1.82, 2.24) is 0 Å². The van der Waals surface area contributed by atoms with Crippen LogP contribution in [-0.2, 0) is 0 Å². The molecule has 3 heteroatoms. The molecule has 0 saturated heterocycles. The molecule has 0 heterocycles. The van der Waals surface area contributed by atoms with E-state index >= 15 is 0 Å². The lowest BCUT2D eigenvalue weighted by Crippen LogP contribution is -2.08. The van der Waals surface area contributed by atoms with E-state index in [-0.39, 0.29) is 17.5 Å². The number of carbonyl (C=O) groups is 1. The van der Waals surface area contributed by atoms with E-state index in [9.17, 15) is 4.79 Å². The molecule has 2 aromatic rings. The van der Waals surface area contributed by atoms with Crippen molar-refractivity contribution in [2.45, 2.75) is 16.6 Å². The van der Waals surface area contributed by atoms with Crippen LogP contribution in [0.15, 0.2) is 65.6 Å². The smallest absolute Gasteiger partial charge is 0.165 e. The number of hydrogen-bond acceptors (Lipinski definition) is 3. The maximum Gasteiger partial charge on any atom is 0.165 e. The number of nitrogens with zero attached hydrogens (tertiary/aromatic N) is 1. The molecule has 0 bridgehead atoms. The molecule has 1 unspecified atom stereocenters. The van der Waals surface area contributed by atoms with Crippen LogP contribution < -0.4 is 0 Å². The standard InChI is InChI=1S/C16H13NOS/c17-12-15(19-14-9-5-2-6-10-14)11-16(18)13-7-3-1-4-8-13/h1-10,15H,11H2. The number of ketones is 1. The van der Waals surface area contributed by atoms with Crippen LogP contribution in [0.5, 0.6) is 0 Å². The average molecular weight is 267 g/mol. The largest absolute Gasteiger partial charge is 0.294 e. The molecule has 94 valence electrons. The van der Waals surface area contributed by atoms with Crippen LogP contribution in [0.1, 0.15) is 16.8 Å². The van der Waals surface area contributed by atoms with Gasteiger partial charge in [-0.15, -0.1) is 11.8 Å². The summed E-state index contributed by atoms with van der Waals surface area (Å²) in [4.78, 5) is 13.0. The normalized spacial score (nSPS) is 11.5. The molecule has 0 aliphatic rings. The zero-order valence-corrected chi connectivity index (χ0v) is 11.1. The van der Waals surface area contributed by atoms with E-state index in [2.05, 4.69) is 6.07 Å². The summed E-state index contributed by atoms with van der Waals surface area (Å²) in [6.45, 7) is 0. The first kappa shape index (κ1) is 13.4. The van der Waals surface area contributed by atoms with Crippen LogP contribution >= 0.6 is 11.8 Å². The summed E-state index contributed by atoms with van der Waals surface area (Å²) in [7, 11) is 0. The molecule has 1 atom stereocenters. The molecule has 19 heavy (non-hydrogen) atoms. The highest BCUT2D eigenvalue weighted by Crippen LogP contribution is 2.25. The summed E-state index contributed by atoms with van der Waals surface area (Å²) < 4.78 is 0. The molecule has 0 amide bonds. The quantitative estimate of drug-likeness (QED) is 0.608. The van der Waals surface area contributed by atoms with Crippen molar-refractivity contribution in [3.63, 3.8) is 0 Å². The van der Waals surface area contributed by atoms with E-state index in [4.69, 9.17) is 5.26 Å². The van der Waals surface area contributed by atoms with Crippen LogP contribution in [-0.4, -0.2) is 11.0 Å². The summed E-state index contributed by atoms with van der Waals surface area (Å²) in [5, 5.41) is 8.81. The fourth-order valence-electron chi connectivity index (χ4n) is 1.69. The Morgan fingerprint density at radius 2 is 1.63 bits per heavy atom. The van der Waals surface area contributed by atoms with Crippen LogP contribution in [0.2, 0.25) is 0 Å². The average Bonchev–Trinajstić information content (AvgIpc) is 2.48. The molecule has 2 nitrogen and oxygen atoms in total. The number of hydrogen-bond donors (Lipinski definition) is 0. The number of Topliss-reactive ketones (excluding diaryl/α,β-unsaturated/α-hetero) is 1. The first-order valence-electron chi connectivity index (χ1n) is 5.99. The molecule has 0 fully saturated rings. The van der Waals surface area contributed by atoms with Crippen molar-refractivity contribution < 1.29 is 4.79 Å². The molecule has 0 aliphatic heterocycles. The molecule has 2 aromatic carbocycles. The van der Waals surface area contributed by atoms with Gasteiger partial charge in [0.05, 0.1) is 6.07 Å². The first-order valence-corrected chi connectivity index (χ1v) is 6.87. The third-order valence-corrected chi connectivity index (χ3v) is 3.73. The van der Waals surface area contributed by atoms with Crippen molar-refractivity contribution in [2.75, 3.05) is 0 Å². The van der Waals surface area contributed by atoms with Gasteiger partial charge in [0, 0.05) is 16.9 Å². The minimum absolute atomic E-state index is 0.00980. The minimum Gasteiger partial charge on any atom is -0.294 e. The van der Waals surface area contributed by atoms with Crippen LogP contribution in [0.3, 0.4) is 0 Å². The highest BCUT2D eigenvalue weighted by atomic mass is 32.2. The second kappa shape index (κ2) is 6.77. The fourth-order valence-corrected chi connectivity index (χ4v) is 2.62. The molecule has 0 saturated carbocycles. The Hall–Kier alpha value is -2.05. The highest BCUT2D eigenvalue weighted by Gasteiger charge is 2.15. The monoisotopic (exact) mass is 267 g/mol. The van der Waals surface area contributed by atoms with Crippen LogP contribution in [0, 0.1) is 11.3 Å². The molecular formula is C16H13NOS. The van der Waals surface area contributed by atoms with Gasteiger partial charge in [0.25, 0.3) is 0 Å². The summed E-state index contributed by atoms with van der Waals surface area (Å²) in [6.07, 6.45) is 0.236. The van der Waals surface area contributed by atoms with Crippen LogP contribution in [0.25, 0.3) is 0 Å². The lowest BCUT2D eigenvalue weighted by Gasteiger charge is -2.08. The fraction of sp³-hybridized carbons (Fsp3) is 0.125. The Balaban J connectivity index is 2.01. The molecule has 0 aliphatic carbocycles. The van der Waals surface area contributed by atoms with Gasteiger partial charge in [0.1, 0.15) is 5.25 Å². The second-order valence-electron chi connectivity index (χ2n) is 4.04. The van der Waals surface area contributed by atoms with Gasteiger partial charge < -0.3 is 0 Å². The maximum absolute atomic E-state index is 12.0. The van der Waals surface area contributed by atoms with Crippen LogP contribution in [0.4, 0.5) is 0 Å². The predicted molar refractivity (Wildman–Crippen MR) is 77.1 cm³/mol. The SMILES string of the molecule is N#CC(CC(=O)c1ccccc1)Sc1ccccc1. The molecule has 0 radical (unpaired) electrons. The lowest BCUT2D eigenvalue weighted by molar-refractivity contribution is 0.0985. The molecule has 0 aromatic heterocycles. The van der Waals surface area contributed by atoms with E-state index in [1.54, 1.807) is 12.1 Å². The number of carbonyl (C=O) groups excluding carboxylic acids is 1. The Kier molecular flexibility index (Phi) is 4.77. The number of nitriles is 1. The Bertz CT molecular complexity index is 575. The summed E-state index contributed by atoms with van der Waals surface area (Å²) >= 11 is 1.43. The van der Waals surface area contributed by atoms with Crippen molar-refractivity contribution in [2.24, 2.45) is 0 Å². The topological polar surface area (TPSA) is 40.9 Å². The Morgan fingerprint density at radius 1 is 1.05 bits per heavy atom. The molecular weight excluding hydrogens is 254 g/mol. The van der Waals surface area contributed by atoms with Gasteiger partial charge in [-0.1, -0.05) is 48.5 Å². The van der Waals surface area contributed by atoms with Crippen molar-refractivity contribution in [3.8, 4) is 6.07 Å². The molecule has 0 spiro atoms. The van der Waals surface area contributed by atoms with Gasteiger partial charge in [-0.25, -0.2) is 0 Å². The predicted octanol–water partition coefficient (Wildman–Crippen LogP) is 3.94. The Labute approximate surface area is 117 Å². The third-order valence-electron chi connectivity index (χ3n) is 2.63. The maximum atomic E-state index is 12.0. The summed E-state index contributed by atoms with van der Waals surface area (Å²) in [5.74, 6) is 0.00980. The molecule has 0 N–H and O–H groups in total. The van der Waals surface area contributed by atoms with Crippen molar-refractivity contribution in [1.29, 1.82) is 5.26 Å². The third kappa shape index (κ3) is 3.97. The van der Waals surface area contributed by atoms with Gasteiger partial charge in [0.15, 0.2) is 5.78 Å². The van der Waals surface area contributed by atoms with Crippen molar-refractivity contribution >= 4 is 17.5 Å². The van der Waals surface area contributed by atoms with Gasteiger partial charge in [-0.3, -0.25) is 4.79 Å². The zero-order valence-electron chi connectivity index (χ0n) is 10.3. The van der Waals surface area contributed by atoms with E-state index in [0.29, 0.717) is 5.56 Å². The highest BCUT2D eigenvalue weighted by molar-refractivity contribution is 8.00. The van der Waals surface area contributed by atoms with E-state index in [0.717, 1.165) is 4.90 Å². The van der Waals surface area contributed by atoms with Crippen molar-refractivity contribution in [3.05, 3.63) is 66.2 Å². The van der Waals surface area contributed by atoms with Gasteiger partial charge in [-0.05, 0) is 12.1 Å². The zero-order chi connectivity index (χ0) is 13.5. The first-order chi connectivity index (χ1) is 9.29. The van der Waals surface area contributed by atoms with E-state index in [1.807, 2.05) is 48.5 Å². The number of thioether (sulfide) groups is 1.